The highest BCUT2D eigenvalue weighted by Gasteiger charge is 2.10. The molecule has 0 radical (unpaired) electrons. The van der Waals surface area contributed by atoms with Crippen molar-refractivity contribution in [3.05, 3.63) is 54.6 Å². The van der Waals surface area contributed by atoms with Crippen molar-refractivity contribution in [1.82, 2.24) is 19.5 Å². The zero-order chi connectivity index (χ0) is 14.4. The molecule has 0 saturated carbocycles. The molecule has 21 heavy (non-hydrogen) atoms. The molecule has 4 nitrogen and oxygen atoms in total. The SMILES string of the molecule is Cc1cc(-c2ccc3c4cnccc4n(C)c3n2)ccn1. The van der Waals surface area contributed by atoms with Crippen LogP contribution in [0.15, 0.2) is 48.9 Å². The van der Waals surface area contributed by atoms with Crippen molar-refractivity contribution >= 4 is 21.9 Å². The lowest BCUT2D eigenvalue weighted by atomic mass is 10.1. The Hall–Kier alpha value is -2.75. The van der Waals surface area contributed by atoms with Gasteiger partial charge in [-0.2, -0.15) is 0 Å². The fourth-order valence-corrected chi connectivity index (χ4v) is 2.78. The topological polar surface area (TPSA) is 43.6 Å². The molecule has 0 aliphatic carbocycles. The summed E-state index contributed by atoms with van der Waals surface area (Å²) in [7, 11) is 2.04. The minimum absolute atomic E-state index is 0.965. The van der Waals surface area contributed by atoms with Gasteiger partial charge in [0.1, 0.15) is 5.65 Å². The second-order valence-electron chi connectivity index (χ2n) is 5.21. The van der Waals surface area contributed by atoms with E-state index in [9.17, 15) is 0 Å². The van der Waals surface area contributed by atoms with Gasteiger partial charge in [-0.05, 0) is 37.3 Å². The van der Waals surface area contributed by atoms with E-state index in [4.69, 9.17) is 4.98 Å². The molecule has 0 N–H and O–H groups in total. The first-order valence-corrected chi connectivity index (χ1v) is 6.86. The van der Waals surface area contributed by atoms with Gasteiger partial charge in [-0.25, -0.2) is 4.98 Å². The molecule has 0 atom stereocenters. The lowest BCUT2D eigenvalue weighted by molar-refractivity contribution is 0.989. The van der Waals surface area contributed by atoms with E-state index in [1.54, 1.807) is 0 Å². The van der Waals surface area contributed by atoms with E-state index in [-0.39, 0.29) is 0 Å². The maximum absolute atomic E-state index is 4.83. The molecule has 0 fully saturated rings. The van der Waals surface area contributed by atoms with Gasteiger partial charge in [0.05, 0.1) is 11.2 Å². The number of nitrogens with zero attached hydrogens (tertiary/aromatic N) is 4. The Morgan fingerprint density at radius 2 is 1.90 bits per heavy atom. The third-order valence-electron chi connectivity index (χ3n) is 3.83. The summed E-state index contributed by atoms with van der Waals surface area (Å²) in [6.45, 7) is 1.99. The minimum atomic E-state index is 0.965. The third kappa shape index (κ3) is 1.80. The Morgan fingerprint density at radius 3 is 2.76 bits per heavy atom. The van der Waals surface area contributed by atoms with Crippen molar-refractivity contribution in [2.24, 2.45) is 7.05 Å². The van der Waals surface area contributed by atoms with Gasteiger partial charge in [0.25, 0.3) is 0 Å². The predicted molar refractivity (Wildman–Crippen MR) is 84.0 cm³/mol. The number of aromatic nitrogens is 4. The standard InChI is InChI=1S/C17H14N4/c1-11-9-12(5-8-19-11)15-4-3-13-14-10-18-7-6-16(14)21(2)17(13)20-15/h3-10H,1-2H3. The van der Waals surface area contributed by atoms with Gasteiger partial charge in [0.15, 0.2) is 0 Å². The molecule has 0 aliphatic rings. The van der Waals surface area contributed by atoms with Crippen molar-refractivity contribution in [2.75, 3.05) is 0 Å². The molecular weight excluding hydrogens is 260 g/mol. The summed E-state index contributed by atoms with van der Waals surface area (Å²) in [5, 5.41) is 2.27. The molecule has 4 heteroatoms. The second kappa shape index (κ2) is 4.38. The molecule has 0 spiro atoms. The number of hydrogen-bond acceptors (Lipinski definition) is 3. The number of hydrogen-bond donors (Lipinski definition) is 0. The first-order valence-electron chi connectivity index (χ1n) is 6.86. The van der Waals surface area contributed by atoms with Gasteiger partial charge in [-0.1, -0.05) is 0 Å². The van der Waals surface area contributed by atoms with Crippen molar-refractivity contribution in [3.63, 3.8) is 0 Å². The van der Waals surface area contributed by atoms with Gasteiger partial charge >= 0.3 is 0 Å². The second-order valence-corrected chi connectivity index (χ2v) is 5.21. The first kappa shape index (κ1) is 12.0. The molecule has 0 unspecified atom stereocenters. The van der Waals surface area contributed by atoms with E-state index in [0.29, 0.717) is 0 Å². The molecule has 102 valence electrons. The van der Waals surface area contributed by atoms with E-state index in [1.165, 1.54) is 0 Å². The number of rotatable bonds is 1. The molecular formula is C17H14N4. The Bertz CT molecular complexity index is 969. The smallest absolute Gasteiger partial charge is 0.141 e. The van der Waals surface area contributed by atoms with Crippen molar-refractivity contribution in [3.8, 4) is 11.3 Å². The highest BCUT2D eigenvalue weighted by Crippen LogP contribution is 2.28. The summed E-state index contributed by atoms with van der Waals surface area (Å²) >= 11 is 0. The van der Waals surface area contributed by atoms with Crippen molar-refractivity contribution < 1.29 is 0 Å². The molecule has 4 heterocycles. The highest BCUT2D eigenvalue weighted by molar-refractivity contribution is 6.06. The van der Waals surface area contributed by atoms with Crippen LogP contribution in [-0.2, 0) is 7.05 Å². The fraction of sp³-hybridized carbons (Fsp3) is 0.118. The lowest BCUT2D eigenvalue weighted by Crippen LogP contribution is -1.92. The van der Waals surface area contributed by atoms with Crippen LogP contribution in [0.3, 0.4) is 0 Å². The van der Waals surface area contributed by atoms with Gasteiger partial charge < -0.3 is 4.57 Å². The normalized spacial score (nSPS) is 11.3. The zero-order valence-electron chi connectivity index (χ0n) is 11.9. The molecule has 4 aromatic heterocycles. The highest BCUT2D eigenvalue weighted by atomic mass is 15.0. The minimum Gasteiger partial charge on any atom is -0.328 e. The van der Waals surface area contributed by atoms with Crippen molar-refractivity contribution in [2.45, 2.75) is 6.92 Å². The zero-order valence-corrected chi connectivity index (χ0v) is 11.9. The Kier molecular flexibility index (Phi) is 2.51. The van der Waals surface area contributed by atoms with Gasteiger partial charge in [0, 0.05) is 47.7 Å². The lowest BCUT2D eigenvalue weighted by Gasteiger charge is -2.03. The number of fused-ring (bicyclic) bond motifs is 3. The molecule has 0 aromatic carbocycles. The molecule has 0 bridgehead atoms. The Morgan fingerprint density at radius 1 is 1.00 bits per heavy atom. The van der Waals surface area contributed by atoms with Crippen LogP contribution in [0.5, 0.6) is 0 Å². The quantitative estimate of drug-likeness (QED) is 0.533. The average Bonchev–Trinajstić information content (AvgIpc) is 2.81. The van der Waals surface area contributed by atoms with Crippen molar-refractivity contribution in [1.29, 1.82) is 0 Å². The fourth-order valence-electron chi connectivity index (χ4n) is 2.78. The molecule has 0 amide bonds. The molecule has 0 saturated heterocycles. The van der Waals surface area contributed by atoms with Crippen LogP contribution in [-0.4, -0.2) is 19.5 Å². The van der Waals surface area contributed by atoms with Crippen LogP contribution in [0.25, 0.3) is 33.2 Å². The van der Waals surface area contributed by atoms with E-state index in [0.717, 1.165) is 38.9 Å². The van der Waals surface area contributed by atoms with Gasteiger partial charge in [-0.15, -0.1) is 0 Å². The van der Waals surface area contributed by atoms with Crippen LogP contribution in [0.2, 0.25) is 0 Å². The molecule has 0 aliphatic heterocycles. The van der Waals surface area contributed by atoms with Crippen LogP contribution >= 0.6 is 0 Å². The summed E-state index contributed by atoms with van der Waals surface area (Å²) in [4.78, 5) is 13.3. The van der Waals surface area contributed by atoms with Crippen LogP contribution in [0.4, 0.5) is 0 Å². The van der Waals surface area contributed by atoms with Gasteiger partial charge in [0.2, 0.25) is 0 Å². The van der Waals surface area contributed by atoms with Gasteiger partial charge in [-0.3, -0.25) is 9.97 Å². The number of aryl methyl sites for hydroxylation is 2. The summed E-state index contributed by atoms with van der Waals surface area (Å²) in [6.07, 6.45) is 5.53. The summed E-state index contributed by atoms with van der Waals surface area (Å²) in [6, 6.07) is 10.2. The third-order valence-corrected chi connectivity index (χ3v) is 3.83. The summed E-state index contributed by atoms with van der Waals surface area (Å²) in [5.41, 5.74) is 5.18. The molecule has 4 rings (SSSR count). The van der Waals surface area contributed by atoms with Crippen LogP contribution < -0.4 is 0 Å². The number of pyridine rings is 3. The van der Waals surface area contributed by atoms with Crippen LogP contribution in [0.1, 0.15) is 5.69 Å². The molecule has 4 aromatic rings. The summed E-state index contributed by atoms with van der Waals surface area (Å²) < 4.78 is 2.11. The largest absolute Gasteiger partial charge is 0.328 e. The van der Waals surface area contributed by atoms with E-state index in [1.807, 2.05) is 44.7 Å². The summed E-state index contributed by atoms with van der Waals surface area (Å²) in [5.74, 6) is 0. The van der Waals surface area contributed by atoms with E-state index >= 15 is 0 Å². The Labute approximate surface area is 122 Å². The Balaban J connectivity index is 2.02. The monoisotopic (exact) mass is 274 g/mol. The first-order chi connectivity index (χ1) is 10.2. The average molecular weight is 274 g/mol. The predicted octanol–water partition coefficient (Wildman–Crippen LogP) is 3.49. The van der Waals surface area contributed by atoms with Crippen LogP contribution in [0, 0.1) is 6.92 Å². The maximum atomic E-state index is 4.83. The van der Waals surface area contributed by atoms with E-state index < -0.39 is 0 Å². The maximum Gasteiger partial charge on any atom is 0.141 e. The van der Waals surface area contributed by atoms with E-state index in [2.05, 4.69) is 32.7 Å².